The summed E-state index contributed by atoms with van der Waals surface area (Å²) >= 11 is 0. The molecule has 1 aliphatic rings. The Morgan fingerprint density at radius 2 is 1.59 bits per heavy atom. The maximum Gasteiger partial charge on any atom is 0.228 e. The molecule has 1 aliphatic heterocycles. The van der Waals surface area contributed by atoms with Crippen molar-refractivity contribution < 1.29 is 13.2 Å². The van der Waals surface area contributed by atoms with Gasteiger partial charge in [0.25, 0.3) is 0 Å². The fraction of sp³-hybridized carbons (Fsp3) is 0.333. The van der Waals surface area contributed by atoms with E-state index in [4.69, 9.17) is 0 Å². The molecule has 3 aromatic rings. The molecule has 2 aromatic carbocycles. The van der Waals surface area contributed by atoms with Gasteiger partial charge in [-0.15, -0.1) is 0 Å². The highest BCUT2D eigenvalue weighted by Gasteiger charge is 2.31. The molecule has 2 heterocycles. The van der Waals surface area contributed by atoms with E-state index in [1.54, 1.807) is 4.68 Å². The molecule has 0 unspecified atom stereocenters. The summed E-state index contributed by atoms with van der Waals surface area (Å²) in [7, 11) is -3.39. The molecule has 8 heteroatoms. The largest absolute Gasteiger partial charge is 0.311 e. The van der Waals surface area contributed by atoms with E-state index in [9.17, 15) is 13.2 Å². The van der Waals surface area contributed by atoms with Crippen LogP contribution < -0.4 is 5.32 Å². The topological polar surface area (TPSA) is 84.3 Å². The number of aromatic nitrogens is 2. The first kappa shape index (κ1) is 22.2. The number of piperidine rings is 1. The number of nitrogens with one attached hydrogen (secondary N) is 1. The van der Waals surface area contributed by atoms with Gasteiger partial charge in [-0.3, -0.25) is 4.79 Å². The van der Waals surface area contributed by atoms with E-state index >= 15 is 0 Å². The summed E-state index contributed by atoms with van der Waals surface area (Å²) < 4.78 is 28.8. The average Bonchev–Trinajstić information content (AvgIpc) is 3.13. The maximum absolute atomic E-state index is 12.9. The predicted molar refractivity (Wildman–Crippen MR) is 125 cm³/mol. The Balaban J connectivity index is 1.35. The van der Waals surface area contributed by atoms with Gasteiger partial charge in [-0.1, -0.05) is 60.7 Å². The van der Waals surface area contributed by atoms with Crippen molar-refractivity contribution in [2.45, 2.75) is 32.1 Å². The van der Waals surface area contributed by atoms with Crippen LogP contribution in [0.3, 0.4) is 0 Å². The van der Waals surface area contributed by atoms with Crippen LogP contribution >= 0.6 is 0 Å². The van der Waals surface area contributed by atoms with Crippen LogP contribution in [0.5, 0.6) is 0 Å². The fourth-order valence-electron chi connectivity index (χ4n) is 4.02. The number of amides is 1. The molecule has 0 spiro atoms. The highest BCUT2D eigenvalue weighted by Crippen LogP contribution is 2.23. The first-order chi connectivity index (χ1) is 15.4. The third-order valence-corrected chi connectivity index (χ3v) is 7.59. The van der Waals surface area contributed by atoms with Gasteiger partial charge in [-0.25, -0.2) is 17.4 Å². The predicted octanol–water partition coefficient (Wildman–Crippen LogP) is 3.42. The molecule has 1 aromatic heterocycles. The number of hydrogen-bond acceptors (Lipinski definition) is 4. The SMILES string of the molecule is Cc1cc(NC(=O)C2CCN(S(=O)(=O)Cc3ccccc3)CC2)n(Cc2ccccc2)n1. The van der Waals surface area contributed by atoms with E-state index in [1.807, 2.05) is 73.7 Å². The lowest BCUT2D eigenvalue weighted by Gasteiger charge is -2.30. The van der Waals surface area contributed by atoms with E-state index < -0.39 is 10.0 Å². The van der Waals surface area contributed by atoms with E-state index in [0.717, 1.165) is 16.8 Å². The first-order valence-electron chi connectivity index (χ1n) is 10.8. The number of rotatable bonds is 7. The maximum atomic E-state index is 12.9. The molecule has 7 nitrogen and oxygen atoms in total. The lowest BCUT2D eigenvalue weighted by Crippen LogP contribution is -2.42. The third-order valence-electron chi connectivity index (χ3n) is 5.74. The van der Waals surface area contributed by atoms with Crippen LogP contribution in [0, 0.1) is 12.8 Å². The Morgan fingerprint density at radius 3 is 2.22 bits per heavy atom. The molecule has 0 bridgehead atoms. The van der Waals surface area contributed by atoms with Crippen molar-refractivity contribution in [2.24, 2.45) is 5.92 Å². The van der Waals surface area contributed by atoms with Crippen molar-refractivity contribution in [3.05, 3.63) is 83.6 Å². The van der Waals surface area contributed by atoms with E-state index in [0.29, 0.717) is 38.3 Å². The normalized spacial score (nSPS) is 15.5. The second-order valence-electron chi connectivity index (χ2n) is 8.22. The summed E-state index contributed by atoms with van der Waals surface area (Å²) in [6, 6.07) is 21.0. The van der Waals surface area contributed by atoms with Gasteiger partial charge < -0.3 is 5.32 Å². The third kappa shape index (κ3) is 5.44. The lowest BCUT2D eigenvalue weighted by atomic mass is 9.97. The number of hydrogen-bond donors (Lipinski definition) is 1. The van der Waals surface area contributed by atoms with Crippen molar-refractivity contribution in [1.29, 1.82) is 0 Å². The molecule has 0 saturated carbocycles. The summed E-state index contributed by atoms with van der Waals surface area (Å²) in [5.41, 5.74) is 2.70. The summed E-state index contributed by atoms with van der Waals surface area (Å²) in [4.78, 5) is 12.9. The van der Waals surface area contributed by atoms with E-state index in [1.165, 1.54) is 4.31 Å². The van der Waals surface area contributed by atoms with Gasteiger partial charge in [0.1, 0.15) is 5.82 Å². The second kappa shape index (κ2) is 9.67. The summed E-state index contributed by atoms with van der Waals surface area (Å²) in [5, 5.41) is 7.51. The Labute approximate surface area is 189 Å². The molecule has 1 N–H and O–H groups in total. The summed E-state index contributed by atoms with van der Waals surface area (Å²) in [5.74, 6) is 0.344. The molecule has 1 amide bonds. The smallest absolute Gasteiger partial charge is 0.228 e. The molecule has 1 fully saturated rings. The quantitative estimate of drug-likeness (QED) is 0.595. The van der Waals surface area contributed by atoms with E-state index in [-0.39, 0.29) is 17.6 Å². The molecule has 0 radical (unpaired) electrons. The van der Waals surface area contributed by atoms with Gasteiger partial charge in [-0.2, -0.15) is 5.10 Å². The zero-order valence-corrected chi connectivity index (χ0v) is 19.0. The van der Waals surface area contributed by atoms with Gasteiger partial charge in [0.15, 0.2) is 0 Å². The highest BCUT2D eigenvalue weighted by atomic mass is 32.2. The number of anilines is 1. The molecule has 4 rings (SSSR count). The number of nitrogens with zero attached hydrogens (tertiary/aromatic N) is 3. The first-order valence-corrected chi connectivity index (χ1v) is 12.4. The van der Waals surface area contributed by atoms with Gasteiger partial charge in [0, 0.05) is 25.1 Å². The van der Waals surface area contributed by atoms with Crippen LogP contribution in [0.4, 0.5) is 5.82 Å². The Bertz CT molecular complexity index is 1150. The van der Waals surface area contributed by atoms with Crippen LogP contribution in [0.15, 0.2) is 66.7 Å². The molecule has 168 valence electrons. The molecule has 0 atom stereocenters. The van der Waals surface area contributed by atoms with Gasteiger partial charge in [0.2, 0.25) is 15.9 Å². The Morgan fingerprint density at radius 1 is 1.00 bits per heavy atom. The Hall–Kier alpha value is -2.97. The van der Waals surface area contributed by atoms with Crippen LogP contribution in [0.25, 0.3) is 0 Å². The minimum absolute atomic E-state index is 0.0113. The monoisotopic (exact) mass is 452 g/mol. The average molecular weight is 453 g/mol. The minimum atomic E-state index is -3.39. The van der Waals surface area contributed by atoms with Crippen LogP contribution in [-0.4, -0.2) is 41.5 Å². The van der Waals surface area contributed by atoms with Crippen molar-refractivity contribution in [2.75, 3.05) is 18.4 Å². The molecule has 0 aliphatic carbocycles. The lowest BCUT2D eigenvalue weighted by molar-refractivity contribution is -0.121. The molecular weight excluding hydrogens is 424 g/mol. The molecule has 1 saturated heterocycles. The summed E-state index contributed by atoms with van der Waals surface area (Å²) in [6.07, 6.45) is 1.01. The standard InChI is InChI=1S/C24H28N4O3S/c1-19-16-23(28(26-19)17-20-8-4-2-5-9-20)25-24(29)22-12-14-27(15-13-22)32(30,31)18-21-10-6-3-7-11-21/h2-11,16,22H,12-15,17-18H2,1H3,(H,25,29). The highest BCUT2D eigenvalue weighted by molar-refractivity contribution is 7.88. The van der Waals surface area contributed by atoms with Gasteiger partial charge >= 0.3 is 0 Å². The van der Waals surface area contributed by atoms with Crippen molar-refractivity contribution >= 4 is 21.7 Å². The fourth-order valence-corrected chi connectivity index (χ4v) is 5.59. The number of carbonyl (C=O) groups is 1. The van der Waals surface area contributed by atoms with Gasteiger partial charge in [0.05, 0.1) is 18.0 Å². The second-order valence-corrected chi connectivity index (χ2v) is 10.2. The van der Waals surface area contributed by atoms with E-state index in [2.05, 4.69) is 10.4 Å². The van der Waals surface area contributed by atoms with Crippen LogP contribution in [0.1, 0.15) is 29.7 Å². The molecule has 32 heavy (non-hydrogen) atoms. The van der Waals surface area contributed by atoms with Crippen molar-refractivity contribution in [3.8, 4) is 0 Å². The van der Waals surface area contributed by atoms with Crippen LogP contribution in [-0.2, 0) is 27.1 Å². The summed E-state index contributed by atoms with van der Waals surface area (Å²) in [6.45, 7) is 3.18. The Kier molecular flexibility index (Phi) is 6.72. The van der Waals surface area contributed by atoms with Crippen molar-refractivity contribution in [3.63, 3.8) is 0 Å². The number of benzene rings is 2. The van der Waals surface area contributed by atoms with Gasteiger partial charge in [-0.05, 0) is 30.9 Å². The zero-order chi connectivity index (χ0) is 22.6. The minimum Gasteiger partial charge on any atom is -0.311 e. The number of sulfonamides is 1. The van der Waals surface area contributed by atoms with Crippen LogP contribution in [0.2, 0.25) is 0 Å². The molecular formula is C24H28N4O3S. The number of carbonyl (C=O) groups excluding carboxylic acids is 1. The number of aryl methyl sites for hydroxylation is 1. The zero-order valence-electron chi connectivity index (χ0n) is 18.1. The van der Waals surface area contributed by atoms with Crippen molar-refractivity contribution in [1.82, 2.24) is 14.1 Å².